The highest BCUT2D eigenvalue weighted by molar-refractivity contribution is 8.13. The minimum absolute atomic E-state index is 0.202. The Labute approximate surface area is 105 Å². The third-order valence-corrected chi connectivity index (χ3v) is 4.41. The van der Waals surface area contributed by atoms with Gasteiger partial charge in [-0.05, 0) is 20.3 Å². The average Bonchev–Trinajstić information content (AvgIpc) is 2.52. The number of rotatable bonds is 2. The molecule has 2 aliphatic rings. The predicted molar refractivity (Wildman–Crippen MR) is 61.2 cm³/mol. The van der Waals surface area contributed by atoms with Gasteiger partial charge in [0.05, 0.1) is 18.6 Å². The smallest absolute Gasteiger partial charge is 0.306 e. The van der Waals surface area contributed by atoms with E-state index in [9.17, 15) is 13.2 Å². The fourth-order valence-corrected chi connectivity index (χ4v) is 3.85. The Hall–Kier alpha value is -0.330. The van der Waals surface area contributed by atoms with Crippen LogP contribution in [0.25, 0.3) is 0 Å². The Morgan fingerprint density at radius 2 is 2.12 bits per heavy atom. The fraction of sp³-hybridized carbons (Fsp3) is 0.900. The molecule has 0 aromatic carbocycles. The van der Waals surface area contributed by atoms with E-state index >= 15 is 0 Å². The van der Waals surface area contributed by atoms with Crippen LogP contribution in [0.3, 0.4) is 0 Å². The molecule has 0 aromatic heterocycles. The van der Waals surface area contributed by atoms with Gasteiger partial charge >= 0.3 is 5.97 Å². The molecule has 0 aromatic rings. The van der Waals surface area contributed by atoms with Gasteiger partial charge in [-0.25, -0.2) is 8.42 Å². The van der Waals surface area contributed by atoms with Crippen LogP contribution >= 0.6 is 10.7 Å². The van der Waals surface area contributed by atoms with E-state index in [1.54, 1.807) is 0 Å². The fourth-order valence-electron chi connectivity index (χ4n) is 2.73. The Balaban J connectivity index is 2.23. The Morgan fingerprint density at radius 1 is 1.47 bits per heavy atom. The van der Waals surface area contributed by atoms with Crippen molar-refractivity contribution in [2.45, 2.75) is 38.4 Å². The molecule has 2 atom stereocenters. The van der Waals surface area contributed by atoms with Gasteiger partial charge in [0.15, 0.2) is 0 Å². The standard InChI is InChI=1S/C10H15ClO5S/c1-9(2)5-10(6-15-9)3-8(12)16-7(10)4-17(11,13)14/h7H,3-6H2,1-2H3. The highest BCUT2D eigenvalue weighted by atomic mass is 35.7. The second-order valence-corrected chi connectivity index (χ2v) is 8.27. The molecule has 7 heteroatoms. The lowest BCUT2D eigenvalue weighted by molar-refractivity contribution is -0.140. The average molecular weight is 283 g/mol. The van der Waals surface area contributed by atoms with E-state index in [2.05, 4.69) is 0 Å². The molecular formula is C10H15ClO5S. The number of esters is 1. The van der Waals surface area contributed by atoms with Crippen molar-refractivity contribution in [1.29, 1.82) is 0 Å². The lowest BCUT2D eigenvalue weighted by Gasteiger charge is -2.26. The highest BCUT2D eigenvalue weighted by Gasteiger charge is 2.57. The van der Waals surface area contributed by atoms with Gasteiger partial charge in [0.2, 0.25) is 9.05 Å². The maximum atomic E-state index is 11.4. The molecule has 2 fully saturated rings. The number of hydrogen-bond acceptors (Lipinski definition) is 5. The molecule has 2 saturated heterocycles. The van der Waals surface area contributed by atoms with E-state index in [1.165, 1.54) is 0 Å². The molecule has 0 N–H and O–H groups in total. The topological polar surface area (TPSA) is 69.7 Å². The van der Waals surface area contributed by atoms with Crippen molar-refractivity contribution in [2.24, 2.45) is 5.41 Å². The molecule has 0 amide bonds. The zero-order chi connectivity index (χ0) is 12.9. The van der Waals surface area contributed by atoms with Crippen LogP contribution < -0.4 is 0 Å². The zero-order valence-corrected chi connectivity index (χ0v) is 11.3. The van der Waals surface area contributed by atoms with Gasteiger partial charge in [-0.1, -0.05) is 0 Å². The van der Waals surface area contributed by atoms with Crippen molar-refractivity contribution < 1.29 is 22.7 Å². The summed E-state index contributed by atoms with van der Waals surface area (Å²) in [6.07, 6.45) is 0.107. The van der Waals surface area contributed by atoms with E-state index in [0.29, 0.717) is 13.0 Å². The van der Waals surface area contributed by atoms with Crippen LogP contribution in [-0.2, 0) is 23.3 Å². The number of ether oxygens (including phenoxy) is 2. The number of carbonyl (C=O) groups is 1. The van der Waals surface area contributed by atoms with Gasteiger partial charge in [0, 0.05) is 16.1 Å². The normalized spacial score (nSPS) is 36.4. The van der Waals surface area contributed by atoms with E-state index < -0.39 is 20.6 Å². The molecule has 5 nitrogen and oxygen atoms in total. The molecule has 2 rings (SSSR count). The van der Waals surface area contributed by atoms with Crippen LogP contribution in [0, 0.1) is 5.41 Å². The van der Waals surface area contributed by atoms with E-state index in [1.807, 2.05) is 13.8 Å². The molecule has 2 aliphatic heterocycles. The van der Waals surface area contributed by atoms with Gasteiger partial charge in [0.1, 0.15) is 11.9 Å². The molecule has 2 heterocycles. The molecule has 0 radical (unpaired) electrons. The van der Waals surface area contributed by atoms with Gasteiger partial charge in [-0.3, -0.25) is 4.79 Å². The van der Waals surface area contributed by atoms with Gasteiger partial charge < -0.3 is 9.47 Å². The first-order valence-electron chi connectivity index (χ1n) is 5.38. The summed E-state index contributed by atoms with van der Waals surface area (Å²) in [5, 5.41) is 0. The first-order valence-corrected chi connectivity index (χ1v) is 7.86. The summed E-state index contributed by atoms with van der Waals surface area (Å²) in [6, 6.07) is 0. The van der Waals surface area contributed by atoms with Crippen LogP contribution in [0.15, 0.2) is 0 Å². The van der Waals surface area contributed by atoms with Crippen LogP contribution in [0.1, 0.15) is 26.7 Å². The number of carbonyl (C=O) groups excluding carboxylic acids is 1. The summed E-state index contributed by atoms with van der Waals surface area (Å²) in [4.78, 5) is 11.4. The van der Waals surface area contributed by atoms with Crippen molar-refractivity contribution in [3.8, 4) is 0 Å². The number of halogens is 1. The monoisotopic (exact) mass is 282 g/mol. The Morgan fingerprint density at radius 3 is 2.59 bits per heavy atom. The molecule has 0 saturated carbocycles. The molecule has 98 valence electrons. The second kappa shape index (κ2) is 3.83. The minimum atomic E-state index is -3.69. The summed E-state index contributed by atoms with van der Waals surface area (Å²) in [7, 11) is 1.54. The first kappa shape index (κ1) is 13.1. The largest absolute Gasteiger partial charge is 0.461 e. The van der Waals surface area contributed by atoms with Crippen LogP contribution in [0.2, 0.25) is 0 Å². The molecule has 0 aliphatic carbocycles. The van der Waals surface area contributed by atoms with Crippen LogP contribution in [0.4, 0.5) is 0 Å². The summed E-state index contributed by atoms with van der Waals surface area (Å²) in [6.45, 7) is 4.16. The number of hydrogen-bond donors (Lipinski definition) is 0. The van der Waals surface area contributed by atoms with E-state index in [4.69, 9.17) is 20.2 Å². The predicted octanol–water partition coefficient (Wildman–Crippen LogP) is 1.06. The van der Waals surface area contributed by atoms with Crippen molar-refractivity contribution in [3.05, 3.63) is 0 Å². The third-order valence-electron chi connectivity index (χ3n) is 3.33. The van der Waals surface area contributed by atoms with Gasteiger partial charge in [-0.2, -0.15) is 0 Å². The highest BCUT2D eigenvalue weighted by Crippen LogP contribution is 2.49. The van der Waals surface area contributed by atoms with Crippen molar-refractivity contribution in [3.63, 3.8) is 0 Å². The zero-order valence-electron chi connectivity index (χ0n) is 9.73. The van der Waals surface area contributed by atoms with Crippen molar-refractivity contribution >= 4 is 25.7 Å². The minimum Gasteiger partial charge on any atom is -0.461 e. The molecule has 2 unspecified atom stereocenters. The molecule has 0 bridgehead atoms. The third kappa shape index (κ3) is 2.74. The quantitative estimate of drug-likeness (QED) is 0.559. The van der Waals surface area contributed by atoms with Gasteiger partial charge in [-0.15, -0.1) is 0 Å². The van der Waals surface area contributed by atoms with Crippen molar-refractivity contribution in [1.82, 2.24) is 0 Å². The molecule has 17 heavy (non-hydrogen) atoms. The summed E-state index contributed by atoms with van der Waals surface area (Å²) < 4.78 is 32.9. The molecular weight excluding hydrogens is 268 g/mol. The van der Waals surface area contributed by atoms with Crippen LogP contribution in [-0.4, -0.2) is 38.5 Å². The van der Waals surface area contributed by atoms with E-state index in [-0.39, 0.29) is 23.7 Å². The van der Waals surface area contributed by atoms with Gasteiger partial charge in [0.25, 0.3) is 0 Å². The summed E-state index contributed by atoms with van der Waals surface area (Å²) >= 11 is 0. The van der Waals surface area contributed by atoms with Crippen LogP contribution in [0.5, 0.6) is 0 Å². The molecule has 1 spiro atoms. The second-order valence-electron chi connectivity index (χ2n) is 5.45. The maximum Gasteiger partial charge on any atom is 0.306 e. The summed E-state index contributed by atoms with van der Waals surface area (Å²) in [5.74, 6) is -0.726. The van der Waals surface area contributed by atoms with Crippen molar-refractivity contribution in [2.75, 3.05) is 12.4 Å². The lowest BCUT2D eigenvalue weighted by atomic mass is 9.77. The first-order chi connectivity index (χ1) is 7.62. The SMILES string of the molecule is CC1(C)CC2(CO1)CC(=O)OC2CS(=O)(=O)Cl. The Kier molecular flexibility index (Phi) is 2.95. The summed E-state index contributed by atoms with van der Waals surface area (Å²) in [5.41, 5.74) is -0.898. The Bertz CT molecular complexity index is 444. The number of cyclic esters (lactones) is 1. The lowest BCUT2D eigenvalue weighted by Crippen LogP contribution is -2.36. The van der Waals surface area contributed by atoms with E-state index in [0.717, 1.165) is 0 Å². The maximum absolute atomic E-state index is 11.4.